The molecule has 1 fully saturated rings. The fourth-order valence-corrected chi connectivity index (χ4v) is 3.23. The van der Waals surface area contributed by atoms with E-state index in [1.54, 1.807) is 6.33 Å². The van der Waals surface area contributed by atoms with Gasteiger partial charge in [0.1, 0.15) is 12.1 Å². The second-order valence-corrected chi connectivity index (χ2v) is 5.80. The van der Waals surface area contributed by atoms with E-state index in [1.807, 2.05) is 34.6 Å². The first-order valence-corrected chi connectivity index (χ1v) is 7.73. The molecule has 0 aliphatic carbocycles. The maximum atomic E-state index is 4.44. The Hall–Kier alpha value is -2.44. The van der Waals surface area contributed by atoms with Crippen LogP contribution >= 0.6 is 0 Å². The number of piperidine rings is 1. The van der Waals surface area contributed by atoms with Gasteiger partial charge < -0.3 is 4.90 Å². The van der Waals surface area contributed by atoms with E-state index >= 15 is 0 Å². The molecule has 22 heavy (non-hydrogen) atoms. The number of aryl methyl sites for hydroxylation is 1. The molecule has 1 atom stereocenters. The van der Waals surface area contributed by atoms with E-state index < -0.39 is 0 Å². The molecule has 4 rings (SSSR count). The summed E-state index contributed by atoms with van der Waals surface area (Å²) in [5, 5.41) is 8.70. The molecule has 0 unspecified atom stereocenters. The summed E-state index contributed by atoms with van der Waals surface area (Å²) in [4.78, 5) is 11.1. The molecule has 0 bridgehead atoms. The predicted octanol–water partition coefficient (Wildman–Crippen LogP) is 1.69. The minimum atomic E-state index is 0.419. The van der Waals surface area contributed by atoms with Gasteiger partial charge in [0.25, 0.3) is 5.78 Å². The van der Waals surface area contributed by atoms with Crippen LogP contribution in [0.25, 0.3) is 5.78 Å². The molecule has 114 valence electrons. The number of rotatable bonds is 3. The molecule has 0 amide bonds. The van der Waals surface area contributed by atoms with Gasteiger partial charge in [-0.15, -0.1) is 0 Å². The van der Waals surface area contributed by atoms with E-state index in [2.05, 4.69) is 31.1 Å². The van der Waals surface area contributed by atoms with Gasteiger partial charge in [0, 0.05) is 36.7 Å². The smallest absolute Gasteiger partial charge is 0.254 e. The maximum Gasteiger partial charge on any atom is 0.254 e. The van der Waals surface area contributed by atoms with Crippen LogP contribution < -0.4 is 4.90 Å². The second kappa shape index (κ2) is 5.40. The largest absolute Gasteiger partial charge is 0.352 e. The maximum absolute atomic E-state index is 4.44. The van der Waals surface area contributed by atoms with Crippen molar-refractivity contribution in [1.82, 2.24) is 29.4 Å². The van der Waals surface area contributed by atoms with Gasteiger partial charge in [-0.25, -0.2) is 4.98 Å². The van der Waals surface area contributed by atoms with Crippen LogP contribution in [0.1, 0.15) is 25.0 Å². The van der Waals surface area contributed by atoms with Crippen LogP contribution in [-0.4, -0.2) is 41.9 Å². The Morgan fingerprint density at radius 2 is 2.23 bits per heavy atom. The molecule has 7 nitrogen and oxygen atoms in total. The van der Waals surface area contributed by atoms with Crippen LogP contribution in [0.15, 0.2) is 30.9 Å². The summed E-state index contributed by atoms with van der Waals surface area (Å²) in [5.74, 6) is 1.75. The Morgan fingerprint density at radius 3 is 3.09 bits per heavy atom. The van der Waals surface area contributed by atoms with Gasteiger partial charge >= 0.3 is 0 Å². The van der Waals surface area contributed by atoms with E-state index in [0.29, 0.717) is 11.8 Å². The quantitative estimate of drug-likeness (QED) is 0.736. The van der Waals surface area contributed by atoms with Crippen LogP contribution in [-0.2, 0) is 6.54 Å². The molecule has 0 N–H and O–H groups in total. The van der Waals surface area contributed by atoms with Crippen LogP contribution in [0, 0.1) is 6.92 Å². The van der Waals surface area contributed by atoms with Gasteiger partial charge in [-0.2, -0.15) is 19.7 Å². The highest BCUT2D eigenvalue weighted by Gasteiger charge is 2.25. The van der Waals surface area contributed by atoms with E-state index in [-0.39, 0.29) is 0 Å². The zero-order chi connectivity index (χ0) is 14.9. The average Bonchev–Trinajstić information content (AvgIpc) is 3.18. The zero-order valence-electron chi connectivity index (χ0n) is 12.6. The van der Waals surface area contributed by atoms with E-state index in [0.717, 1.165) is 31.0 Å². The summed E-state index contributed by atoms with van der Waals surface area (Å²) < 4.78 is 3.85. The number of hydrogen-bond acceptors (Lipinski definition) is 5. The van der Waals surface area contributed by atoms with Crippen LogP contribution in [0.2, 0.25) is 0 Å². The van der Waals surface area contributed by atoms with Gasteiger partial charge in [0.15, 0.2) is 0 Å². The lowest BCUT2D eigenvalue weighted by Gasteiger charge is -2.37. The molecule has 1 aliphatic rings. The lowest BCUT2D eigenvalue weighted by Crippen LogP contribution is -2.43. The van der Waals surface area contributed by atoms with Gasteiger partial charge in [0.05, 0.1) is 6.54 Å². The molecule has 0 radical (unpaired) electrons. The van der Waals surface area contributed by atoms with E-state index in [9.17, 15) is 0 Å². The minimum absolute atomic E-state index is 0.419. The van der Waals surface area contributed by atoms with E-state index in [4.69, 9.17) is 0 Å². The molecule has 0 aromatic carbocycles. The van der Waals surface area contributed by atoms with Gasteiger partial charge in [-0.05, 0) is 32.3 Å². The molecule has 1 saturated heterocycles. The Morgan fingerprint density at radius 1 is 1.27 bits per heavy atom. The molecule has 3 aromatic heterocycles. The third kappa shape index (κ3) is 2.32. The van der Waals surface area contributed by atoms with Crippen molar-refractivity contribution in [3.05, 3.63) is 36.5 Å². The Kier molecular flexibility index (Phi) is 3.25. The van der Waals surface area contributed by atoms with Crippen molar-refractivity contribution in [3.8, 4) is 0 Å². The van der Waals surface area contributed by atoms with Gasteiger partial charge in [0.2, 0.25) is 0 Å². The van der Waals surface area contributed by atoms with Crippen molar-refractivity contribution >= 4 is 11.6 Å². The molecule has 1 aliphatic heterocycles. The van der Waals surface area contributed by atoms with Gasteiger partial charge in [-0.1, -0.05) is 0 Å². The van der Waals surface area contributed by atoms with Crippen molar-refractivity contribution in [3.63, 3.8) is 0 Å². The van der Waals surface area contributed by atoms with Crippen molar-refractivity contribution in [2.24, 2.45) is 0 Å². The fraction of sp³-hybridized carbons (Fsp3) is 0.467. The topological polar surface area (TPSA) is 64.1 Å². The molecular weight excluding hydrogens is 278 g/mol. The summed E-state index contributed by atoms with van der Waals surface area (Å²) in [6.07, 6.45) is 9.05. The number of anilines is 1. The lowest BCUT2D eigenvalue weighted by molar-refractivity contribution is 0.394. The summed E-state index contributed by atoms with van der Waals surface area (Å²) in [7, 11) is 0. The summed E-state index contributed by atoms with van der Waals surface area (Å²) in [5.41, 5.74) is 0.971. The van der Waals surface area contributed by atoms with Crippen LogP contribution in [0.5, 0.6) is 0 Å². The second-order valence-electron chi connectivity index (χ2n) is 5.80. The Bertz CT molecular complexity index is 761. The first kappa shape index (κ1) is 13.2. The standard InChI is InChI=1S/C15H19N7/c1-12-9-14(22-15(19-12)16-11-18-22)21-8-3-2-5-13(21)10-20-7-4-6-17-20/h4,6-7,9,11,13H,2-3,5,8,10H2,1H3/t13-/m1/s1. The lowest BCUT2D eigenvalue weighted by atomic mass is 10.0. The summed E-state index contributed by atoms with van der Waals surface area (Å²) >= 11 is 0. The molecular formula is C15H19N7. The summed E-state index contributed by atoms with van der Waals surface area (Å²) in [6, 6.07) is 4.49. The molecule has 7 heteroatoms. The number of nitrogens with zero attached hydrogens (tertiary/aromatic N) is 7. The first-order valence-electron chi connectivity index (χ1n) is 7.73. The highest BCUT2D eigenvalue weighted by molar-refractivity contribution is 5.48. The SMILES string of the molecule is Cc1cc(N2CCCC[C@@H]2Cn2cccn2)n2ncnc2n1. The third-order valence-corrected chi connectivity index (χ3v) is 4.24. The van der Waals surface area contributed by atoms with Gasteiger partial charge in [-0.3, -0.25) is 4.68 Å². The molecule has 3 aromatic rings. The highest BCUT2D eigenvalue weighted by Crippen LogP contribution is 2.26. The Labute approximate surface area is 128 Å². The van der Waals surface area contributed by atoms with Crippen LogP contribution in [0.3, 0.4) is 0 Å². The Balaban J connectivity index is 1.72. The first-order chi connectivity index (χ1) is 10.8. The van der Waals surface area contributed by atoms with E-state index in [1.165, 1.54) is 12.8 Å². The molecule has 4 heterocycles. The third-order valence-electron chi connectivity index (χ3n) is 4.24. The highest BCUT2D eigenvalue weighted by atomic mass is 15.4. The van der Waals surface area contributed by atoms with Crippen LogP contribution in [0.4, 0.5) is 5.82 Å². The molecule has 0 spiro atoms. The number of fused-ring (bicyclic) bond motifs is 1. The van der Waals surface area contributed by atoms with Crippen molar-refractivity contribution in [2.75, 3.05) is 11.4 Å². The zero-order valence-corrected chi connectivity index (χ0v) is 12.6. The normalized spacial score (nSPS) is 19.0. The predicted molar refractivity (Wildman–Crippen MR) is 82.7 cm³/mol. The summed E-state index contributed by atoms with van der Waals surface area (Å²) in [6.45, 7) is 3.93. The molecule has 0 saturated carbocycles. The van der Waals surface area contributed by atoms with Crippen molar-refractivity contribution in [1.29, 1.82) is 0 Å². The monoisotopic (exact) mass is 297 g/mol. The minimum Gasteiger partial charge on any atom is -0.352 e. The van der Waals surface area contributed by atoms with Crippen molar-refractivity contribution < 1.29 is 0 Å². The number of hydrogen-bond donors (Lipinski definition) is 0. The fourth-order valence-electron chi connectivity index (χ4n) is 3.23. The van der Waals surface area contributed by atoms with Crippen molar-refractivity contribution in [2.45, 2.75) is 38.8 Å². The average molecular weight is 297 g/mol. The number of aromatic nitrogens is 6.